The highest BCUT2D eigenvalue weighted by Crippen LogP contribution is 2.15. The van der Waals surface area contributed by atoms with Crippen LogP contribution in [0.15, 0.2) is 16.2 Å². The highest BCUT2D eigenvalue weighted by Gasteiger charge is 2.16. The lowest BCUT2D eigenvalue weighted by atomic mass is 10.2. The first kappa shape index (κ1) is 13.2. The van der Waals surface area contributed by atoms with Gasteiger partial charge in [-0.2, -0.15) is 5.10 Å². The van der Waals surface area contributed by atoms with E-state index >= 15 is 0 Å². The van der Waals surface area contributed by atoms with Crippen LogP contribution in [0.5, 0.6) is 0 Å². The summed E-state index contributed by atoms with van der Waals surface area (Å²) < 4.78 is 3.32. The van der Waals surface area contributed by atoms with E-state index in [-0.39, 0.29) is 12.3 Å². The molecule has 0 spiro atoms. The predicted molar refractivity (Wildman–Crippen MR) is 76.8 cm³/mol. The fourth-order valence-electron chi connectivity index (χ4n) is 2.37. The fraction of sp³-hybridized carbons (Fsp3) is 0.429. The maximum absolute atomic E-state index is 12.2. The average Bonchev–Trinajstić information content (AvgIpc) is 3.03. The van der Waals surface area contributed by atoms with Gasteiger partial charge in [-0.1, -0.05) is 11.8 Å². The minimum Gasteiger partial charge on any atom is -0.384 e. The number of aliphatic hydroxyl groups excluding tert-OH is 1. The van der Waals surface area contributed by atoms with E-state index in [4.69, 9.17) is 5.11 Å². The van der Waals surface area contributed by atoms with Crippen LogP contribution in [0.2, 0.25) is 0 Å². The Hall–Kier alpha value is -1.84. The molecule has 104 valence electrons. The van der Waals surface area contributed by atoms with Crippen LogP contribution in [0.4, 0.5) is 0 Å². The second kappa shape index (κ2) is 5.65. The minimum atomic E-state index is -0.140. The summed E-state index contributed by atoms with van der Waals surface area (Å²) in [4.78, 5) is 13.2. The van der Waals surface area contributed by atoms with E-state index in [1.807, 2.05) is 11.4 Å². The third-order valence-corrected chi connectivity index (χ3v) is 4.22. The second-order valence-electron chi connectivity index (χ2n) is 4.73. The summed E-state index contributed by atoms with van der Waals surface area (Å²) in [5.41, 5.74) is 0.854. The molecule has 0 aromatic carbocycles. The Morgan fingerprint density at radius 1 is 1.45 bits per heavy atom. The van der Waals surface area contributed by atoms with Crippen LogP contribution in [0.25, 0.3) is 0 Å². The number of aliphatic hydroxyl groups is 1. The van der Waals surface area contributed by atoms with Crippen molar-refractivity contribution >= 4 is 11.3 Å². The van der Waals surface area contributed by atoms with E-state index in [9.17, 15) is 4.79 Å². The van der Waals surface area contributed by atoms with Crippen molar-refractivity contribution in [2.75, 3.05) is 6.61 Å². The third kappa shape index (κ3) is 2.55. The van der Waals surface area contributed by atoms with Crippen molar-refractivity contribution in [1.29, 1.82) is 0 Å². The molecular formula is C14H15N3O2S. The first-order valence-electron chi connectivity index (χ1n) is 6.61. The fourth-order valence-corrected chi connectivity index (χ4v) is 3.17. The first-order valence-corrected chi connectivity index (χ1v) is 7.49. The van der Waals surface area contributed by atoms with Gasteiger partial charge in [-0.05, 0) is 18.9 Å². The molecule has 1 aliphatic heterocycles. The Bertz CT molecular complexity index is 730. The molecule has 1 aliphatic rings. The lowest BCUT2D eigenvalue weighted by Gasteiger charge is -2.09. The highest BCUT2D eigenvalue weighted by atomic mass is 32.1. The maximum Gasteiger partial charge on any atom is 0.346 e. The van der Waals surface area contributed by atoms with Gasteiger partial charge in [-0.15, -0.1) is 11.3 Å². The molecule has 0 unspecified atom stereocenters. The van der Waals surface area contributed by atoms with Crippen molar-refractivity contribution in [3.8, 4) is 11.8 Å². The number of nitrogens with zero attached hydrogens (tertiary/aromatic N) is 3. The van der Waals surface area contributed by atoms with Crippen molar-refractivity contribution in [3.05, 3.63) is 38.2 Å². The molecule has 3 heterocycles. The van der Waals surface area contributed by atoms with E-state index in [0.717, 1.165) is 42.1 Å². The summed E-state index contributed by atoms with van der Waals surface area (Å²) in [6.07, 6.45) is 3.05. The van der Waals surface area contributed by atoms with Gasteiger partial charge in [0.25, 0.3) is 0 Å². The molecule has 20 heavy (non-hydrogen) atoms. The van der Waals surface area contributed by atoms with Crippen LogP contribution >= 0.6 is 11.3 Å². The number of rotatable bonds is 2. The molecule has 0 fully saturated rings. The normalized spacial score (nSPS) is 13.7. The molecule has 0 amide bonds. The van der Waals surface area contributed by atoms with Gasteiger partial charge in [-0.3, -0.25) is 4.57 Å². The van der Waals surface area contributed by atoms with Gasteiger partial charge in [0, 0.05) is 28.8 Å². The summed E-state index contributed by atoms with van der Waals surface area (Å²) in [5.74, 6) is 6.38. The van der Waals surface area contributed by atoms with Gasteiger partial charge in [0.2, 0.25) is 0 Å². The van der Waals surface area contributed by atoms with E-state index in [0.29, 0.717) is 6.54 Å². The Balaban J connectivity index is 1.83. The van der Waals surface area contributed by atoms with E-state index in [2.05, 4.69) is 16.9 Å². The zero-order valence-electron chi connectivity index (χ0n) is 11.0. The Labute approximate surface area is 120 Å². The summed E-state index contributed by atoms with van der Waals surface area (Å²) in [6.45, 7) is 1.13. The molecule has 0 bridgehead atoms. The SMILES string of the molecule is O=c1n(Cc2cc(C#CCO)cs2)nc2n1CCCC2. The van der Waals surface area contributed by atoms with Crippen LogP contribution < -0.4 is 5.69 Å². The Kier molecular flexibility index (Phi) is 3.72. The van der Waals surface area contributed by atoms with Gasteiger partial charge >= 0.3 is 5.69 Å². The van der Waals surface area contributed by atoms with Crippen molar-refractivity contribution in [2.45, 2.75) is 32.4 Å². The van der Waals surface area contributed by atoms with Crippen molar-refractivity contribution in [1.82, 2.24) is 14.3 Å². The largest absolute Gasteiger partial charge is 0.384 e. The minimum absolute atomic E-state index is 0.0175. The molecule has 3 rings (SSSR count). The molecule has 0 radical (unpaired) electrons. The number of aryl methyl sites for hydroxylation is 1. The molecule has 2 aromatic heterocycles. The highest BCUT2D eigenvalue weighted by molar-refractivity contribution is 7.10. The molecule has 5 nitrogen and oxygen atoms in total. The van der Waals surface area contributed by atoms with Crippen LogP contribution in [0.3, 0.4) is 0 Å². The monoisotopic (exact) mass is 289 g/mol. The lowest BCUT2D eigenvalue weighted by Crippen LogP contribution is -2.27. The Morgan fingerprint density at radius 3 is 3.15 bits per heavy atom. The smallest absolute Gasteiger partial charge is 0.346 e. The van der Waals surface area contributed by atoms with Gasteiger partial charge in [0.1, 0.15) is 12.4 Å². The average molecular weight is 289 g/mol. The van der Waals surface area contributed by atoms with E-state index in [1.54, 1.807) is 15.9 Å². The Morgan fingerprint density at radius 2 is 2.35 bits per heavy atom. The number of hydrogen-bond acceptors (Lipinski definition) is 4. The molecule has 0 aliphatic carbocycles. The van der Waals surface area contributed by atoms with Gasteiger partial charge in [-0.25, -0.2) is 9.48 Å². The summed E-state index contributed by atoms with van der Waals surface area (Å²) >= 11 is 1.56. The molecule has 0 atom stereocenters. The zero-order chi connectivity index (χ0) is 13.9. The molecular weight excluding hydrogens is 274 g/mol. The number of thiophene rings is 1. The topological polar surface area (TPSA) is 60.1 Å². The van der Waals surface area contributed by atoms with E-state index in [1.165, 1.54) is 4.68 Å². The standard InChI is InChI=1S/C14H15N3O2S/c18-7-3-4-11-8-12(20-10-11)9-17-14(19)16-6-2-1-5-13(16)15-17/h8,10,18H,1-2,5-7,9H2. The molecule has 1 N–H and O–H groups in total. The van der Waals surface area contributed by atoms with Crippen LogP contribution in [-0.4, -0.2) is 26.1 Å². The van der Waals surface area contributed by atoms with E-state index < -0.39 is 0 Å². The molecule has 2 aromatic rings. The van der Waals surface area contributed by atoms with Gasteiger partial charge in [0.15, 0.2) is 0 Å². The van der Waals surface area contributed by atoms with Crippen LogP contribution in [0, 0.1) is 11.8 Å². The quantitative estimate of drug-likeness (QED) is 0.833. The first-order chi connectivity index (χ1) is 9.78. The summed E-state index contributed by atoms with van der Waals surface area (Å²) in [7, 11) is 0. The van der Waals surface area contributed by atoms with Crippen molar-refractivity contribution in [3.63, 3.8) is 0 Å². The molecule has 0 saturated carbocycles. The number of aromatic nitrogens is 3. The van der Waals surface area contributed by atoms with Crippen molar-refractivity contribution < 1.29 is 5.11 Å². The third-order valence-electron chi connectivity index (χ3n) is 3.30. The van der Waals surface area contributed by atoms with Crippen molar-refractivity contribution in [2.24, 2.45) is 0 Å². The predicted octanol–water partition coefficient (Wildman–Crippen LogP) is 0.835. The molecule has 6 heteroatoms. The summed E-state index contributed by atoms with van der Waals surface area (Å²) in [6, 6.07) is 1.94. The van der Waals surface area contributed by atoms with Gasteiger partial charge < -0.3 is 5.11 Å². The van der Waals surface area contributed by atoms with Crippen LogP contribution in [-0.2, 0) is 19.5 Å². The number of hydrogen-bond donors (Lipinski definition) is 1. The van der Waals surface area contributed by atoms with Crippen LogP contribution in [0.1, 0.15) is 29.1 Å². The summed E-state index contributed by atoms with van der Waals surface area (Å²) in [5, 5.41) is 15.0. The zero-order valence-corrected chi connectivity index (χ0v) is 11.8. The lowest BCUT2D eigenvalue weighted by molar-refractivity contribution is 0.350. The molecule has 0 saturated heterocycles. The number of fused-ring (bicyclic) bond motifs is 1. The van der Waals surface area contributed by atoms with Gasteiger partial charge in [0.05, 0.1) is 6.54 Å². The second-order valence-corrected chi connectivity index (χ2v) is 5.72. The maximum atomic E-state index is 12.2.